The Morgan fingerprint density at radius 1 is 0.973 bits per heavy atom. The van der Waals surface area contributed by atoms with Gasteiger partial charge >= 0.3 is 0 Å². The van der Waals surface area contributed by atoms with Crippen molar-refractivity contribution in [2.24, 2.45) is 5.41 Å². The first-order valence-corrected chi connectivity index (χ1v) is 27.8. The van der Waals surface area contributed by atoms with Gasteiger partial charge in [0, 0.05) is 95.0 Å². The molecule has 396 valence electrons. The van der Waals surface area contributed by atoms with Crippen LogP contribution in [0.2, 0.25) is 10.0 Å². The summed E-state index contributed by atoms with van der Waals surface area (Å²) in [5, 5.41) is 1.41. The van der Waals surface area contributed by atoms with E-state index in [1.54, 1.807) is 19.4 Å². The third-order valence-electron chi connectivity index (χ3n) is 15.0. The second-order valence-electron chi connectivity index (χ2n) is 20.9. The largest absolute Gasteiger partial charge is 0.476 e. The van der Waals surface area contributed by atoms with Crippen molar-refractivity contribution in [3.05, 3.63) is 99.8 Å². The number of likely N-dealkylation sites (tertiary alicyclic amines) is 1. The van der Waals surface area contributed by atoms with Crippen LogP contribution in [0.25, 0.3) is 16.6 Å². The van der Waals surface area contributed by atoms with E-state index in [2.05, 4.69) is 55.4 Å². The number of piperidine rings is 1. The number of aromatic amines is 1. The fourth-order valence-electron chi connectivity index (χ4n) is 10.9. The number of allylic oxidation sites excluding steroid dienone is 1. The number of ether oxygens (including phenoxy) is 5. The van der Waals surface area contributed by atoms with Crippen LogP contribution in [0.1, 0.15) is 68.3 Å². The van der Waals surface area contributed by atoms with Crippen molar-refractivity contribution in [1.82, 2.24) is 29.5 Å². The number of carbonyl (C=O) groups is 1. The van der Waals surface area contributed by atoms with E-state index in [1.165, 1.54) is 16.7 Å². The molecule has 16 nitrogen and oxygen atoms in total. The van der Waals surface area contributed by atoms with Crippen LogP contribution in [-0.2, 0) is 24.2 Å². The minimum atomic E-state index is -4.54. The summed E-state index contributed by atoms with van der Waals surface area (Å²) in [5.74, 6) is -0.578. The third-order valence-corrected chi connectivity index (χ3v) is 16.8. The van der Waals surface area contributed by atoms with Crippen molar-refractivity contribution in [2.75, 3.05) is 109 Å². The van der Waals surface area contributed by atoms with Crippen LogP contribution in [0.3, 0.4) is 0 Å². The maximum absolute atomic E-state index is 15.8. The molecule has 10 rings (SSSR count). The molecule has 3 saturated heterocycles. The van der Waals surface area contributed by atoms with Gasteiger partial charge in [-0.2, -0.15) is 4.98 Å². The highest BCUT2D eigenvalue weighted by Crippen LogP contribution is 2.46. The van der Waals surface area contributed by atoms with Gasteiger partial charge in [0.15, 0.2) is 0 Å². The van der Waals surface area contributed by atoms with Crippen LogP contribution in [-0.4, -0.2) is 156 Å². The quantitative estimate of drug-likeness (QED) is 0.122. The predicted octanol–water partition coefficient (Wildman–Crippen LogP) is 8.70. The summed E-state index contributed by atoms with van der Waals surface area (Å²) in [7, 11) is -2.91. The Kier molecular flexibility index (Phi) is 15.8. The van der Waals surface area contributed by atoms with Crippen molar-refractivity contribution >= 4 is 72.8 Å². The number of fused-ring (bicyclic) bond motifs is 4. The van der Waals surface area contributed by atoms with Gasteiger partial charge in [-0.05, 0) is 109 Å². The minimum absolute atomic E-state index is 0.0196. The number of sulfonamides is 1. The number of rotatable bonds is 12. The number of benzene rings is 2. The van der Waals surface area contributed by atoms with Crippen LogP contribution >= 0.6 is 23.2 Å². The molecule has 0 radical (unpaired) electrons. The van der Waals surface area contributed by atoms with E-state index < -0.39 is 21.6 Å². The van der Waals surface area contributed by atoms with Crippen molar-refractivity contribution in [3.8, 4) is 11.8 Å². The molecule has 3 aromatic heterocycles. The van der Waals surface area contributed by atoms with Gasteiger partial charge in [0.2, 0.25) is 11.8 Å². The number of anilines is 3. The van der Waals surface area contributed by atoms with E-state index in [9.17, 15) is 13.2 Å². The Bertz CT molecular complexity index is 2970. The number of hydrogen-bond donors (Lipinski definition) is 2. The SMILES string of the molecule is COCCN1CCC(F)(COc2ncc(S(=O)(=O)NC(=O)c3ccc(N4CCN5CC6=C(c7ccc(Cl)cc7)CC(C)(C)C[C@H]6OCCCOCC5C4)cc3N3CCCOc4nc5[nH]ccc5cc43)cc2Cl)CC1. The molecule has 2 aromatic carbocycles. The molecule has 0 bridgehead atoms. The minimum Gasteiger partial charge on any atom is -0.476 e. The van der Waals surface area contributed by atoms with Crippen LogP contribution in [0.15, 0.2) is 83.5 Å². The summed E-state index contributed by atoms with van der Waals surface area (Å²) in [6.45, 7) is 12.0. The molecule has 5 aromatic rings. The molecule has 0 saturated carbocycles. The smallest absolute Gasteiger partial charge is 0.267 e. The highest BCUT2D eigenvalue weighted by atomic mass is 35.5. The van der Waals surface area contributed by atoms with Crippen molar-refractivity contribution in [3.63, 3.8) is 0 Å². The average Bonchev–Trinajstić information content (AvgIpc) is 3.73. The highest BCUT2D eigenvalue weighted by Gasteiger charge is 2.39. The summed E-state index contributed by atoms with van der Waals surface area (Å²) in [6, 6.07) is 18.7. The second kappa shape index (κ2) is 22.3. The lowest BCUT2D eigenvalue weighted by atomic mass is 9.71. The first kappa shape index (κ1) is 52.4. The number of pyridine rings is 2. The molecule has 1 unspecified atom stereocenters. The molecule has 2 N–H and O–H groups in total. The Labute approximate surface area is 442 Å². The van der Waals surface area contributed by atoms with Crippen LogP contribution in [0.5, 0.6) is 11.8 Å². The van der Waals surface area contributed by atoms with Crippen LogP contribution < -0.4 is 24.0 Å². The fourth-order valence-corrected chi connectivity index (χ4v) is 12.2. The molecule has 3 fully saturated rings. The number of piperazine rings is 1. The maximum Gasteiger partial charge on any atom is 0.267 e. The Morgan fingerprint density at radius 3 is 2.59 bits per heavy atom. The average molecular weight is 1080 g/mol. The summed E-state index contributed by atoms with van der Waals surface area (Å²) >= 11 is 12.9. The standard InChI is InChI=1S/C54H65Cl2FN8O8S/c1-53(2)29-43(36-6-8-38(55)9-7-36)44-33-64-20-19-63(32-40(64)34-70-22-5-24-71-48(44)30-53)39-10-11-42(46(27-39)65-16-4-23-72-52-47(65)26-37-12-15-58-49(37)60-52)50(66)61-74(67,68)41-28-45(56)51(59-31-41)73-35-54(57)13-17-62(18-14-54)21-25-69-3/h6-12,15,26-28,31,40,48H,4-5,13-14,16-25,29-30,32-35H2,1-3H3,(H,58,60)(H,61,66)/t40?,48-/m1/s1. The van der Waals surface area contributed by atoms with Gasteiger partial charge in [-0.15, -0.1) is 0 Å². The number of alkyl halides is 1. The first-order chi connectivity index (χ1) is 35.6. The number of hydrogen-bond acceptors (Lipinski definition) is 14. The first-order valence-electron chi connectivity index (χ1n) is 25.6. The monoisotopic (exact) mass is 1070 g/mol. The molecule has 0 spiro atoms. The molecule has 1 amide bonds. The number of carbonyl (C=O) groups excluding carboxylic acids is 1. The summed E-state index contributed by atoms with van der Waals surface area (Å²) in [4.78, 5) is 35.3. The van der Waals surface area contributed by atoms with Gasteiger partial charge in [-0.1, -0.05) is 49.2 Å². The van der Waals surface area contributed by atoms with Crippen molar-refractivity contribution < 1.29 is 41.3 Å². The van der Waals surface area contributed by atoms with Gasteiger partial charge in [-0.3, -0.25) is 9.69 Å². The number of amides is 1. The van der Waals surface area contributed by atoms with Crippen molar-refractivity contribution in [1.29, 1.82) is 0 Å². The van der Waals surface area contributed by atoms with Gasteiger partial charge < -0.3 is 43.4 Å². The summed E-state index contributed by atoms with van der Waals surface area (Å²) in [5.41, 5.74) is 4.98. The van der Waals surface area contributed by atoms with Crippen molar-refractivity contribution in [2.45, 2.75) is 75.1 Å². The number of methoxy groups -OCH3 is 1. The zero-order chi connectivity index (χ0) is 51.6. The van der Waals surface area contributed by atoms with E-state index in [-0.39, 0.29) is 58.4 Å². The normalized spacial score (nSPS) is 21.9. The van der Waals surface area contributed by atoms with E-state index in [0.717, 1.165) is 55.7 Å². The van der Waals surface area contributed by atoms with E-state index in [1.807, 2.05) is 41.3 Å². The molecule has 4 aliphatic heterocycles. The number of halogens is 3. The zero-order valence-electron chi connectivity index (χ0n) is 42.2. The molecule has 20 heteroatoms. The topological polar surface area (TPSA) is 164 Å². The number of nitrogens with zero attached hydrogens (tertiary/aromatic N) is 6. The predicted molar refractivity (Wildman–Crippen MR) is 285 cm³/mol. The van der Waals surface area contributed by atoms with E-state index in [0.29, 0.717) is 107 Å². The lowest BCUT2D eigenvalue weighted by molar-refractivity contribution is 0.00999. The van der Waals surface area contributed by atoms with Gasteiger partial charge in [0.05, 0.1) is 49.4 Å². The van der Waals surface area contributed by atoms with E-state index >= 15 is 4.39 Å². The fraction of sp³-hybridized carbons (Fsp3) is 0.500. The van der Waals surface area contributed by atoms with Crippen LogP contribution in [0.4, 0.5) is 21.5 Å². The number of aromatic nitrogens is 3. The molecule has 74 heavy (non-hydrogen) atoms. The molecular weight excluding hydrogens is 1010 g/mol. The third kappa shape index (κ3) is 11.8. The maximum atomic E-state index is 15.8. The Hall–Kier alpha value is -5.05. The molecule has 1 aliphatic carbocycles. The molecule has 2 atom stereocenters. The van der Waals surface area contributed by atoms with Gasteiger partial charge in [-0.25, -0.2) is 22.5 Å². The Balaban J connectivity index is 0.926. The molecule has 7 heterocycles. The van der Waals surface area contributed by atoms with E-state index in [4.69, 9.17) is 51.9 Å². The summed E-state index contributed by atoms with van der Waals surface area (Å²) < 4.78 is 76.3. The Morgan fingerprint density at radius 2 is 1.80 bits per heavy atom. The lowest BCUT2D eigenvalue weighted by Gasteiger charge is -2.45. The molecular formula is C54H65Cl2FN8O8S. The van der Waals surface area contributed by atoms with Crippen LogP contribution in [0, 0.1) is 5.41 Å². The number of nitrogens with one attached hydrogen (secondary N) is 2. The summed E-state index contributed by atoms with van der Waals surface area (Å²) in [6.07, 6.45) is 6.56. The number of H-pyrrole nitrogens is 1. The van der Waals surface area contributed by atoms with Gasteiger partial charge in [0.25, 0.3) is 15.9 Å². The zero-order valence-corrected chi connectivity index (χ0v) is 44.5. The van der Waals surface area contributed by atoms with Gasteiger partial charge in [0.1, 0.15) is 33.5 Å². The second-order valence-corrected chi connectivity index (χ2v) is 23.4. The molecule has 5 aliphatic rings. The lowest BCUT2D eigenvalue weighted by Crippen LogP contribution is -2.56. The highest BCUT2D eigenvalue weighted by molar-refractivity contribution is 7.90.